The first-order valence-corrected chi connectivity index (χ1v) is 14.5. The molecule has 2 heteroatoms. The molecule has 3 aliphatic carbocycles. The van der Waals surface area contributed by atoms with Crippen LogP contribution < -0.4 is 0 Å². The zero-order valence-corrected chi connectivity index (χ0v) is 24.1. The summed E-state index contributed by atoms with van der Waals surface area (Å²) in [6, 6.07) is 0. The second-order valence-corrected chi connectivity index (χ2v) is 13.7. The van der Waals surface area contributed by atoms with E-state index < -0.39 is 0 Å². The Morgan fingerprint density at radius 3 is 2.47 bits per heavy atom. The molecule has 4 rings (SSSR count). The number of hydrogen-bond acceptors (Lipinski definition) is 2. The molecular weight excluding hydrogens is 440 g/mol. The van der Waals surface area contributed by atoms with E-state index in [4.69, 9.17) is 4.74 Å². The van der Waals surface area contributed by atoms with Crippen molar-refractivity contribution in [2.45, 2.75) is 118 Å². The minimum atomic E-state index is -0.246. The first kappa shape index (κ1) is 27.4. The van der Waals surface area contributed by atoms with E-state index in [9.17, 15) is 4.79 Å². The van der Waals surface area contributed by atoms with Crippen LogP contribution in [0.4, 0.5) is 0 Å². The van der Waals surface area contributed by atoms with Gasteiger partial charge < -0.3 is 4.74 Å². The number of hydrogen-bond donors (Lipinski definition) is 0. The molecule has 0 bridgehead atoms. The molecular formula is C34H52O2. The number of rotatable bonds is 7. The van der Waals surface area contributed by atoms with Crippen LogP contribution in [0.5, 0.6) is 0 Å². The second kappa shape index (κ2) is 10.6. The fourth-order valence-electron chi connectivity index (χ4n) is 6.95. The van der Waals surface area contributed by atoms with Crippen molar-refractivity contribution in [2.75, 3.05) is 0 Å². The summed E-state index contributed by atoms with van der Waals surface area (Å²) in [7, 11) is 0. The van der Waals surface area contributed by atoms with Crippen molar-refractivity contribution in [1.82, 2.24) is 0 Å². The van der Waals surface area contributed by atoms with E-state index in [1.807, 2.05) is 0 Å². The van der Waals surface area contributed by atoms with Crippen LogP contribution in [-0.2, 0) is 9.53 Å². The monoisotopic (exact) mass is 492 g/mol. The normalized spacial score (nSPS) is 32.3. The fourth-order valence-corrected chi connectivity index (χ4v) is 6.95. The zero-order chi connectivity index (χ0) is 26.3. The smallest absolute Gasteiger partial charge is 0.165 e. The van der Waals surface area contributed by atoms with Gasteiger partial charge in [0.05, 0.1) is 6.10 Å². The number of Topliss-reactive ketones (excluding diaryl/α,β-unsaturated/α-hetero) is 1. The molecule has 2 nitrogen and oxygen atoms in total. The van der Waals surface area contributed by atoms with Crippen molar-refractivity contribution >= 4 is 5.78 Å². The zero-order valence-electron chi connectivity index (χ0n) is 24.1. The molecule has 0 aromatic heterocycles. The molecule has 200 valence electrons. The summed E-state index contributed by atoms with van der Waals surface area (Å²) in [4.78, 5) is 13.3. The Morgan fingerprint density at radius 2 is 1.81 bits per heavy atom. The van der Waals surface area contributed by atoms with Gasteiger partial charge >= 0.3 is 0 Å². The van der Waals surface area contributed by atoms with Gasteiger partial charge in [0.15, 0.2) is 5.78 Å². The summed E-state index contributed by atoms with van der Waals surface area (Å²) in [6.07, 6.45) is 18.7. The van der Waals surface area contributed by atoms with Gasteiger partial charge in [0.2, 0.25) is 0 Å². The Bertz CT molecular complexity index is 1000. The second-order valence-electron chi connectivity index (χ2n) is 13.7. The molecule has 2 fully saturated rings. The number of carbonyl (C=O) groups excluding carboxylic acids is 1. The van der Waals surface area contributed by atoms with Crippen LogP contribution >= 0.6 is 0 Å². The highest BCUT2D eigenvalue weighted by atomic mass is 16.5. The Kier molecular flexibility index (Phi) is 8.06. The summed E-state index contributed by atoms with van der Waals surface area (Å²) in [5.41, 5.74) is 7.33. The van der Waals surface area contributed by atoms with Crippen LogP contribution in [-0.4, -0.2) is 18.0 Å². The average molecular weight is 493 g/mol. The predicted molar refractivity (Wildman–Crippen MR) is 154 cm³/mol. The molecule has 0 radical (unpaired) electrons. The molecule has 0 N–H and O–H groups in total. The summed E-state index contributed by atoms with van der Waals surface area (Å²) in [5.74, 6) is 1.82. The number of ether oxygens (including phenoxy) is 1. The Labute approximate surface area is 222 Å². The van der Waals surface area contributed by atoms with Crippen molar-refractivity contribution in [3.8, 4) is 0 Å². The van der Waals surface area contributed by atoms with Gasteiger partial charge in [-0.2, -0.15) is 0 Å². The highest BCUT2D eigenvalue weighted by Gasteiger charge is 2.47. The summed E-state index contributed by atoms with van der Waals surface area (Å²) in [5, 5.41) is 0. The van der Waals surface area contributed by atoms with Crippen molar-refractivity contribution < 1.29 is 11.0 Å². The van der Waals surface area contributed by atoms with Gasteiger partial charge in [0, 0.05) is 13.8 Å². The lowest BCUT2D eigenvalue weighted by molar-refractivity contribution is -0.138. The largest absolute Gasteiger partial charge is 0.367 e. The molecule has 0 amide bonds. The molecule has 1 heterocycles. The maximum absolute atomic E-state index is 13.3. The Balaban J connectivity index is 0.00000380. The third-order valence-corrected chi connectivity index (χ3v) is 9.93. The lowest BCUT2D eigenvalue weighted by atomic mass is 9.52. The third-order valence-electron chi connectivity index (χ3n) is 9.93. The molecule has 0 spiro atoms. The Hall–Kier alpha value is -1.67. The van der Waals surface area contributed by atoms with Crippen molar-refractivity contribution in [3.05, 3.63) is 58.7 Å². The van der Waals surface area contributed by atoms with E-state index in [2.05, 4.69) is 79.3 Å². The van der Waals surface area contributed by atoms with Gasteiger partial charge in [-0.15, -0.1) is 0 Å². The van der Waals surface area contributed by atoms with E-state index in [1.165, 1.54) is 40.7 Å². The first-order chi connectivity index (χ1) is 16.9. The van der Waals surface area contributed by atoms with E-state index >= 15 is 0 Å². The molecule has 3 unspecified atom stereocenters. The van der Waals surface area contributed by atoms with Gasteiger partial charge in [-0.1, -0.05) is 82.2 Å². The number of carbonyl (C=O) groups is 1. The van der Waals surface area contributed by atoms with Crippen molar-refractivity contribution in [1.29, 1.82) is 0 Å². The van der Waals surface area contributed by atoms with Crippen LogP contribution in [0.1, 0.15) is 108 Å². The quantitative estimate of drug-likeness (QED) is 0.331. The lowest BCUT2D eigenvalue weighted by Gasteiger charge is -2.52. The molecule has 36 heavy (non-hydrogen) atoms. The first-order valence-electron chi connectivity index (χ1n) is 14.5. The standard InChI is InChI=1S/C34H50O2.H2/c1-22(2)24(4)26-12-9-11-25(18-26)19-31(35)32-14-10-13-28(36-32)20-27-21-30-29(17-23(27)3)33(5,6)15-16-34(30,7)8;/h12,17-18,21,24,28-30,32H,1,9-11,13-16,19-20H2,2-8H3;1H/t24?,28-,29?,30-,32?;/m0./s1. The van der Waals surface area contributed by atoms with E-state index in [-0.39, 0.29) is 19.4 Å². The molecule has 0 aromatic carbocycles. The maximum Gasteiger partial charge on any atom is 0.165 e. The fraction of sp³-hybridized carbons (Fsp3) is 0.676. The summed E-state index contributed by atoms with van der Waals surface area (Å²) < 4.78 is 6.51. The molecule has 5 atom stereocenters. The lowest BCUT2D eigenvalue weighted by Crippen LogP contribution is -2.44. The van der Waals surface area contributed by atoms with Crippen molar-refractivity contribution in [2.24, 2.45) is 28.6 Å². The minimum Gasteiger partial charge on any atom is -0.367 e. The third kappa shape index (κ3) is 5.90. The topological polar surface area (TPSA) is 26.3 Å². The number of fused-ring (bicyclic) bond motifs is 1. The van der Waals surface area contributed by atoms with Crippen LogP contribution in [0, 0.1) is 28.6 Å². The van der Waals surface area contributed by atoms with Gasteiger partial charge in [0.1, 0.15) is 6.10 Å². The van der Waals surface area contributed by atoms with Crippen LogP contribution in [0.2, 0.25) is 0 Å². The van der Waals surface area contributed by atoms with Gasteiger partial charge in [-0.3, -0.25) is 4.79 Å². The van der Waals surface area contributed by atoms with Crippen LogP contribution in [0.15, 0.2) is 58.7 Å². The molecule has 1 saturated heterocycles. The highest BCUT2D eigenvalue weighted by Crippen LogP contribution is 2.56. The van der Waals surface area contributed by atoms with E-state index in [1.54, 1.807) is 0 Å². The number of allylic oxidation sites excluding steroid dienone is 8. The average Bonchev–Trinajstić information content (AvgIpc) is 2.83. The SMILES string of the molecule is C=C(C)C(C)C1=CCCC(CC(=O)C2CCC[C@@H](CC3=C[C@H]4C(C=C3C)C(C)(C)CCC4(C)C)O2)=C1.[HH]. The Morgan fingerprint density at radius 1 is 1.14 bits per heavy atom. The summed E-state index contributed by atoms with van der Waals surface area (Å²) in [6.45, 7) is 20.5. The van der Waals surface area contributed by atoms with Crippen molar-refractivity contribution in [3.63, 3.8) is 0 Å². The predicted octanol–water partition coefficient (Wildman–Crippen LogP) is 9.34. The molecule has 1 aliphatic heterocycles. The van der Waals surface area contributed by atoms with Gasteiger partial charge in [-0.05, 0) is 99.0 Å². The van der Waals surface area contributed by atoms with Gasteiger partial charge in [0.25, 0.3) is 0 Å². The highest BCUT2D eigenvalue weighted by molar-refractivity contribution is 5.85. The molecule has 1 saturated carbocycles. The number of ketones is 1. The molecule has 4 aliphatic rings. The van der Waals surface area contributed by atoms with Gasteiger partial charge in [-0.25, -0.2) is 0 Å². The van der Waals surface area contributed by atoms with Crippen LogP contribution in [0.25, 0.3) is 0 Å². The van der Waals surface area contributed by atoms with E-state index in [0.29, 0.717) is 35.0 Å². The van der Waals surface area contributed by atoms with Crippen LogP contribution in [0.3, 0.4) is 0 Å². The van der Waals surface area contributed by atoms with E-state index in [0.717, 1.165) is 38.5 Å². The summed E-state index contributed by atoms with van der Waals surface area (Å²) >= 11 is 0. The minimum absolute atomic E-state index is 0. The maximum atomic E-state index is 13.3. The molecule has 0 aromatic rings.